The molecule has 4 aromatic rings. The Balaban J connectivity index is 0.000000771. The molecule has 2 amide bonds. The average molecular weight is 568 g/mol. The molecule has 0 atom stereocenters. The van der Waals surface area contributed by atoms with Gasteiger partial charge in [-0.1, -0.05) is 48.0 Å². The van der Waals surface area contributed by atoms with Gasteiger partial charge in [0.25, 0.3) is 15.9 Å². The van der Waals surface area contributed by atoms with E-state index in [4.69, 9.17) is 16.3 Å². The normalized spacial score (nSPS) is 10.9. The molecule has 2 N–H and O–H groups in total. The number of rotatable bonds is 8. The first-order valence-electron chi connectivity index (χ1n) is 11.4. The van der Waals surface area contributed by atoms with Crippen LogP contribution in [0.5, 0.6) is 5.75 Å². The van der Waals surface area contributed by atoms with E-state index in [2.05, 4.69) is 20.2 Å². The maximum atomic E-state index is 12.8. The van der Waals surface area contributed by atoms with E-state index in [9.17, 15) is 18.0 Å². The fourth-order valence-electron chi connectivity index (χ4n) is 3.16. The maximum absolute atomic E-state index is 12.8. The monoisotopic (exact) mass is 567 g/mol. The first-order chi connectivity index (χ1) is 18.6. The number of ether oxygens (including phenoxy) is 1. The smallest absolute Gasteiger partial charge is 0.271 e. The van der Waals surface area contributed by atoms with Crippen molar-refractivity contribution in [1.82, 2.24) is 15.3 Å². The summed E-state index contributed by atoms with van der Waals surface area (Å²) in [7, 11) is 0.853. The number of halogens is 1. The number of hydrazone groups is 1. The molecule has 0 spiro atoms. The lowest BCUT2D eigenvalue weighted by Crippen LogP contribution is -2.19. The summed E-state index contributed by atoms with van der Waals surface area (Å²) in [6, 6.07) is 21.5. The third-order valence-corrected chi connectivity index (χ3v) is 6.71. The van der Waals surface area contributed by atoms with Gasteiger partial charge in [-0.25, -0.2) is 18.8 Å². The number of benzene rings is 3. The van der Waals surface area contributed by atoms with Gasteiger partial charge in [-0.2, -0.15) is 5.10 Å². The van der Waals surface area contributed by atoms with E-state index < -0.39 is 15.9 Å². The fourth-order valence-corrected chi connectivity index (χ4v) is 4.47. The number of carbonyl (C=O) groups excluding carboxylic acids is 2. The van der Waals surface area contributed by atoms with Crippen LogP contribution in [0.2, 0.25) is 5.15 Å². The quantitative estimate of drug-likeness (QED) is 0.142. The standard InChI is InChI=1S/C24H19ClN4O4S.C3H7NO/c1-33-22-12-5-4-11-21(22)29-34(31,32)19-9-6-8-17(14-19)24(30)28-26-15-18-13-16-7-2-3-10-20(16)27-23(18)25;1-4(2)3-5/h2-15,29H,1H3,(H,28,30);3H,1-2H3/b26-15+;. The van der Waals surface area contributed by atoms with Gasteiger partial charge >= 0.3 is 0 Å². The van der Waals surface area contributed by atoms with Crippen molar-refractivity contribution in [3.8, 4) is 5.75 Å². The number of carbonyl (C=O) groups is 2. The number of para-hydroxylation sites is 3. The van der Waals surface area contributed by atoms with Crippen LogP contribution in [-0.4, -0.2) is 58.0 Å². The van der Waals surface area contributed by atoms with Crippen molar-refractivity contribution in [2.75, 3.05) is 25.9 Å². The van der Waals surface area contributed by atoms with Crippen LogP contribution < -0.4 is 14.9 Å². The molecular weight excluding hydrogens is 542 g/mol. The molecule has 0 aliphatic rings. The summed E-state index contributed by atoms with van der Waals surface area (Å²) in [5, 5.41) is 5.06. The summed E-state index contributed by atoms with van der Waals surface area (Å²) in [6.07, 6.45) is 2.13. The number of hydrogen-bond donors (Lipinski definition) is 2. The number of nitrogens with zero attached hydrogens (tertiary/aromatic N) is 3. The Labute approximate surface area is 231 Å². The Morgan fingerprint density at radius 1 is 1.03 bits per heavy atom. The number of pyridine rings is 1. The van der Waals surface area contributed by atoms with E-state index in [1.807, 2.05) is 24.3 Å². The summed E-state index contributed by atoms with van der Waals surface area (Å²) >= 11 is 6.20. The van der Waals surface area contributed by atoms with Crippen LogP contribution in [0.15, 0.2) is 88.9 Å². The van der Waals surface area contributed by atoms with Crippen molar-refractivity contribution in [3.63, 3.8) is 0 Å². The zero-order chi connectivity index (χ0) is 28.4. The van der Waals surface area contributed by atoms with E-state index in [0.29, 0.717) is 11.3 Å². The Kier molecular flexibility index (Phi) is 9.96. The molecule has 3 aromatic carbocycles. The van der Waals surface area contributed by atoms with Crippen molar-refractivity contribution in [2.45, 2.75) is 4.90 Å². The van der Waals surface area contributed by atoms with Crippen molar-refractivity contribution < 1.29 is 22.7 Å². The lowest BCUT2D eigenvalue weighted by Gasteiger charge is -2.12. The second-order valence-corrected chi connectivity index (χ2v) is 10.2. The minimum atomic E-state index is -3.97. The highest BCUT2D eigenvalue weighted by atomic mass is 35.5. The summed E-state index contributed by atoms with van der Waals surface area (Å²) in [4.78, 5) is 27.6. The zero-order valence-electron chi connectivity index (χ0n) is 21.3. The van der Waals surface area contributed by atoms with E-state index in [1.54, 1.807) is 44.4 Å². The van der Waals surface area contributed by atoms with Crippen LogP contribution in [-0.2, 0) is 14.8 Å². The van der Waals surface area contributed by atoms with Crippen LogP contribution in [0.1, 0.15) is 15.9 Å². The number of anilines is 1. The predicted octanol–water partition coefficient (Wildman–Crippen LogP) is 4.17. The second-order valence-electron chi connectivity index (χ2n) is 8.16. The molecule has 0 fully saturated rings. The fraction of sp³-hybridized carbons (Fsp3) is 0.111. The molecule has 0 bridgehead atoms. The van der Waals surface area contributed by atoms with Crippen LogP contribution in [0.25, 0.3) is 10.9 Å². The Morgan fingerprint density at radius 2 is 1.72 bits per heavy atom. The summed E-state index contributed by atoms with van der Waals surface area (Å²) < 4.78 is 33.3. The molecule has 0 aliphatic carbocycles. The first kappa shape index (κ1) is 29.1. The second kappa shape index (κ2) is 13.4. The number of sulfonamides is 1. The molecule has 0 saturated carbocycles. The minimum absolute atomic E-state index is 0.0863. The molecule has 39 heavy (non-hydrogen) atoms. The SMILES string of the molecule is CN(C)C=O.COc1ccccc1NS(=O)(=O)c1cccc(C(=O)N/N=C/c2cc3ccccc3nc2Cl)c1. The van der Waals surface area contributed by atoms with Crippen molar-refractivity contribution >= 4 is 56.7 Å². The van der Waals surface area contributed by atoms with Crippen molar-refractivity contribution in [1.29, 1.82) is 0 Å². The Hall–Kier alpha value is -4.48. The summed E-state index contributed by atoms with van der Waals surface area (Å²) in [5.74, 6) is -0.216. The highest BCUT2D eigenvalue weighted by Crippen LogP contribution is 2.26. The van der Waals surface area contributed by atoms with E-state index in [0.717, 1.165) is 17.3 Å². The molecule has 10 nitrogen and oxygen atoms in total. The van der Waals surface area contributed by atoms with Gasteiger partial charge < -0.3 is 9.64 Å². The molecule has 202 valence electrons. The molecule has 1 heterocycles. The lowest BCUT2D eigenvalue weighted by molar-refractivity contribution is -0.115. The highest BCUT2D eigenvalue weighted by Gasteiger charge is 2.18. The number of nitrogens with one attached hydrogen (secondary N) is 2. The van der Waals surface area contributed by atoms with Gasteiger partial charge in [0, 0.05) is 30.6 Å². The van der Waals surface area contributed by atoms with Crippen molar-refractivity contribution in [2.24, 2.45) is 5.10 Å². The van der Waals surface area contributed by atoms with Crippen LogP contribution in [0.3, 0.4) is 0 Å². The molecule has 4 rings (SSSR count). The third-order valence-electron chi connectivity index (χ3n) is 5.04. The molecule has 12 heteroatoms. The maximum Gasteiger partial charge on any atom is 0.271 e. The van der Waals surface area contributed by atoms with Gasteiger partial charge in [0.2, 0.25) is 6.41 Å². The van der Waals surface area contributed by atoms with E-state index >= 15 is 0 Å². The first-order valence-corrected chi connectivity index (χ1v) is 13.3. The van der Waals surface area contributed by atoms with Gasteiger partial charge in [-0.05, 0) is 42.5 Å². The minimum Gasteiger partial charge on any atom is -0.495 e. The molecule has 0 radical (unpaired) electrons. The molecule has 1 aromatic heterocycles. The third kappa shape index (κ3) is 8.00. The van der Waals surface area contributed by atoms with Crippen LogP contribution in [0, 0.1) is 0 Å². The largest absolute Gasteiger partial charge is 0.495 e. The topological polar surface area (TPSA) is 130 Å². The zero-order valence-corrected chi connectivity index (χ0v) is 22.9. The predicted molar refractivity (Wildman–Crippen MR) is 152 cm³/mol. The van der Waals surface area contributed by atoms with Gasteiger partial charge in [0.1, 0.15) is 10.9 Å². The van der Waals surface area contributed by atoms with Gasteiger partial charge in [-0.3, -0.25) is 14.3 Å². The van der Waals surface area contributed by atoms with Crippen LogP contribution in [0.4, 0.5) is 5.69 Å². The highest BCUT2D eigenvalue weighted by molar-refractivity contribution is 7.92. The van der Waals surface area contributed by atoms with E-state index in [1.165, 1.54) is 42.5 Å². The Bertz CT molecular complexity index is 1610. The molecular formula is C27H26ClN5O5S. The number of hydrogen-bond acceptors (Lipinski definition) is 7. The van der Waals surface area contributed by atoms with Gasteiger partial charge in [0.15, 0.2) is 0 Å². The summed E-state index contributed by atoms with van der Waals surface area (Å²) in [5.41, 5.74) is 4.04. The number of aromatic nitrogens is 1. The number of fused-ring (bicyclic) bond motifs is 1. The average Bonchev–Trinajstić information content (AvgIpc) is 2.93. The van der Waals surface area contributed by atoms with Crippen LogP contribution >= 0.6 is 11.6 Å². The number of methoxy groups -OCH3 is 1. The van der Waals surface area contributed by atoms with Gasteiger partial charge in [-0.15, -0.1) is 0 Å². The van der Waals surface area contributed by atoms with Gasteiger partial charge in [0.05, 0.1) is 29.4 Å². The van der Waals surface area contributed by atoms with Crippen molar-refractivity contribution in [3.05, 3.63) is 95.1 Å². The summed E-state index contributed by atoms with van der Waals surface area (Å²) in [6.45, 7) is 0. The molecule has 0 unspecified atom stereocenters. The Morgan fingerprint density at radius 3 is 2.44 bits per heavy atom. The van der Waals surface area contributed by atoms with E-state index in [-0.39, 0.29) is 21.3 Å². The molecule has 0 aliphatic heterocycles. The number of amides is 2. The molecule has 0 saturated heterocycles. The lowest BCUT2D eigenvalue weighted by atomic mass is 10.2.